The molecule has 0 saturated heterocycles. The summed E-state index contributed by atoms with van der Waals surface area (Å²) in [6.07, 6.45) is 3.91. The third-order valence-corrected chi connectivity index (χ3v) is 5.15. The summed E-state index contributed by atoms with van der Waals surface area (Å²) < 4.78 is 7.44. The maximum atomic E-state index is 12.5. The largest absolute Gasteiger partial charge is 0.462 e. The van der Waals surface area contributed by atoms with Crippen molar-refractivity contribution in [3.8, 4) is 0 Å². The van der Waals surface area contributed by atoms with Crippen molar-refractivity contribution in [3.05, 3.63) is 32.9 Å². The maximum absolute atomic E-state index is 12.5. The summed E-state index contributed by atoms with van der Waals surface area (Å²) in [5.74, 6) is -1.15. The number of thiophene rings is 1. The predicted molar refractivity (Wildman–Crippen MR) is 106 cm³/mol. The molecule has 10 heteroatoms. The van der Waals surface area contributed by atoms with Gasteiger partial charge >= 0.3 is 5.97 Å². The number of anilines is 1. The van der Waals surface area contributed by atoms with E-state index in [0.717, 1.165) is 15.8 Å². The summed E-state index contributed by atoms with van der Waals surface area (Å²) in [4.78, 5) is 39.1. The van der Waals surface area contributed by atoms with Crippen molar-refractivity contribution in [2.75, 3.05) is 26.0 Å². The lowest BCUT2D eigenvalue weighted by Gasteiger charge is -2.09. The molecule has 146 valence electrons. The van der Waals surface area contributed by atoms with E-state index >= 15 is 0 Å². The van der Waals surface area contributed by atoms with Crippen molar-refractivity contribution in [2.45, 2.75) is 26.8 Å². The molecular weight excluding hydrogens is 436 g/mol. The lowest BCUT2D eigenvalue weighted by Crippen LogP contribution is -2.21. The summed E-state index contributed by atoms with van der Waals surface area (Å²) in [5.41, 5.74) is 0.714. The van der Waals surface area contributed by atoms with E-state index in [1.807, 2.05) is 6.92 Å². The van der Waals surface area contributed by atoms with E-state index in [4.69, 9.17) is 4.74 Å². The van der Waals surface area contributed by atoms with Crippen LogP contribution >= 0.6 is 27.3 Å². The molecule has 0 aliphatic carbocycles. The van der Waals surface area contributed by atoms with E-state index in [9.17, 15) is 14.4 Å². The minimum absolute atomic E-state index is 0.0248. The van der Waals surface area contributed by atoms with Crippen LogP contribution in [0.1, 0.15) is 38.9 Å². The number of rotatable bonds is 7. The van der Waals surface area contributed by atoms with Gasteiger partial charge in [-0.15, -0.1) is 11.3 Å². The normalized spacial score (nSPS) is 10.6. The molecule has 0 spiro atoms. The first-order chi connectivity index (χ1) is 12.7. The molecule has 0 atom stereocenters. The van der Waals surface area contributed by atoms with Gasteiger partial charge in [-0.3, -0.25) is 14.3 Å². The van der Waals surface area contributed by atoms with Gasteiger partial charge in [-0.1, -0.05) is 6.92 Å². The zero-order chi connectivity index (χ0) is 20.1. The molecule has 0 aliphatic heterocycles. The molecule has 0 fully saturated rings. The second kappa shape index (κ2) is 9.14. The number of ether oxygens (including phenoxy) is 1. The molecule has 2 heterocycles. The average Bonchev–Trinajstić information content (AvgIpc) is 3.14. The molecule has 1 N–H and O–H groups in total. The van der Waals surface area contributed by atoms with Crippen LogP contribution in [0.15, 0.2) is 16.9 Å². The van der Waals surface area contributed by atoms with Gasteiger partial charge in [-0.05, 0) is 34.8 Å². The highest BCUT2D eigenvalue weighted by Gasteiger charge is 2.27. The summed E-state index contributed by atoms with van der Waals surface area (Å²) in [6.45, 7) is 3.80. The van der Waals surface area contributed by atoms with Gasteiger partial charge in [0.2, 0.25) is 5.91 Å². The molecule has 2 aromatic rings. The Morgan fingerprint density at radius 3 is 2.63 bits per heavy atom. The molecule has 0 saturated carbocycles. The average molecular weight is 457 g/mol. The van der Waals surface area contributed by atoms with Crippen LogP contribution < -0.4 is 5.32 Å². The fourth-order valence-electron chi connectivity index (χ4n) is 2.26. The van der Waals surface area contributed by atoms with E-state index in [2.05, 4.69) is 26.3 Å². The SMILES string of the molecule is CCCOC(=O)c1c(NC(=O)Cn2cc(Br)cn2)sc(C(=O)N(C)C)c1C. The highest BCUT2D eigenvalue weighted by molar-refractivity contribution is 9.10. The molecule has 2 rings (SSSR count). The Kier molecular flexibility index (Phi) is 7.14. The van der Waals surface area contributed by atoms with Crippen LogP contribution in [0.5, 0.6) is 0 Å². The lowest BCUT2D eigenvalue weighted by atomic mass is 10.1. The van der Waals surface area contributed by atoms with E-state index in [1.165, 1.54) is 9.58 Å². The number of nitrogens with zero attached hydrogens (tertiary/aromatic N) is 3. The van der Waals surface area contributed by atoms with Gasteiger partial charge in [0.15, 0.2) is 0 Å². The predicted octanol–water partition coefficient (Wildman–Crippen LogP) is 2.92. The zero-order valence-electron chi connectivity index (χ0n) is 15.5. The molecule has 2 aromatic heterocycles. The number of hydrogen-bond acceptors (Lipinski definition) is 6. The number of carbonyl (C=O) groups excluding carboxylic acids is 3. The Hall–Kier alpha value is -2.20. The molecule has 0 aromatic carbocycles. The fourth-order valence-corrected chi connectivity index (χ4v) is 3.82. The van der Waals surface area contributed by atoms with Crippen LogP contribution in [-0.2, 0) is 16.1 Å². The van der Waals surface area contributed by atoms with Crippen LogP contribution in [0.25, 0.3) is 0 Å². The summed E-state index contributed by atoms with van der Waals surface area (Å²) in [5, 5.41) is 7.04. The van der Waals surface area contributed by atoms with Gasteiger partial charge in [0.25, 0.3) is 5.91 Å². The van der Waals surface area contributed by atoms with Crippen molar-refractivity contribution >= 4 is 50.1 Å². The van der Waals surface area contributed by atoms with Gasteiger partial charge in [0, 0.05) is 20.3 Å². The van der Waals surface area contributed by atoms with Crippen molar-refractivity contribution in [2.24, 2.45) is 0 Å². The summed E-state index contributed by atoms with van der Waals surface area (Å²) >= 11 is 4.34. The Morgan fingerprint density at radius 2 is 2.07 bits per heavy atom. The monoisotopic (exact) mass is 456 g/mol. The number of amides is 2. The zero-order valence-corrected chi connectivity index (χ0v) is 17.9. The van der Waals surface area contributed by atoms with Gasteiger partial charge in [0.05, 0.1) is 27.7 Å². The third-order valence-electron chi connectivity index (χ3n) is 3.55. The van der Waals surface area contributed by atoms with Crippen molar-refractivity contribution in [3.63, 3.8) is 0 Å². The minimum atomic E-state index is -0.555. The highest BCUT2D eigenvalue weighted by atomic mass is 79.9. The molecule has 0 radical (unpaired) electrons. The van der Waals surface area contributed by atoms with Gasteiger partial charge < -0.3 is 15.0 Å². The number of carbonyl (C=O) groups is 3. The van der Waals surface area contributed by atoms with Gasteiger partial charge in [-0.25, -0.2) is 4.79 Å². The molecule has 0 unspecified atom stereocenters. The van der Waals surface area contributed by atoms with Crippen LogP contribution in [0.3, 0.4) is 0 Å². The van der Waals surface area contributed by atoms with Gasteiger partial charge in [-0.2, -0.15) is 5.10 Å². The van der Waals surface area contributed by atoms with Crippen LogP contribution in [0.4, 0.5) is 5.00 Å². The Bertz CT molecular complexity index is 859. The lowest BCUT2D eigenvalue weighted by molar-refractivity contribution is -0.116. The number of nitrogens with one attached hydrogen (secondary N) is 1. The standard InChI is InChI=1S/C17H21BrN4O4S/c1-5-6-26-17(25)13-10(2)14(16(24)21(3)4)27-15(13)20-12(23)9-22-8-11(18)7-19-22/h7-8H,5-6,9H2,1-4H3,(H,20,23). The maximum Gasteiger partial charge on any atom is 0.341 e. The molecular formula is C17H21BrN4O4S. The topological polar surface area (TPSA) is 93.5 Å². The smallest absolute Gasteiger partial charge is 0.341 e. The Labute approximate surface area is 169 Å². The first-order valence-electron chi connectivity index (χ1n) is 8.24. The minimum Gasteiger partial charge on any atom is -0.462 e. The van der Waals surface area contributed by atoms with Gasteiger partial charge in [0.1, 0.15) is 11.5 Å². The van der Waals surface area contributed by atoms with E-state index < -0.39 is 5.97 Å². The third kappa shape index (κ3) is 5.16. The quantitative estimate of drug-likeness (QED) is 0.646. The van der Waals surface area contributed by atoms with E-state index in [1.54, 1.807) is 33.4 Å². The molecule has 2 amide bonds. The first-order valence-corrected chi connectivity index (χ1v) is 9.85. The van der Waals surface area contributed by atoms with Crippen molar-refractivity contribution < 1.29 is 19.1 Å². The summed E-state index contributed by atoms with van der Waals surface area (Å²) in [7, 11) is 3.26. The second-order valence-electron chi connectivity index (χ2n) is 6.00. The molecule has 27 heavy (non-hydrogen) atoms. The fraction of sp³-hybridized carbons (Fsp3) is 0.412. The number of hydrogen-bond donors (Lipinski definition) is 1. The molecule has 0 bridgehead atoms. The number of halogens is 1. The molecule has 0 aliphatic rings. The van der Waals surface area contributed by atoms with Crippen molar-refractivity contribution in [1.29, 1.82) is 0 Å². The summed E-state index contributed by atoms with van der Waals surface area (Å²) in [6, 6.07) is 0. The van der Waals surface area contributed by atoms with Crippen LogP contribution in [0, 0.1) is 6.92 Å². The number of esters is 1. The first kappa shape index (κ1) is 21.1. The van der Waals surface area contributed by atoms with Crippen LogP contribution in [-0.4, -0.2) is 53.2 Å². The van der Waals surface area contributed by atoms with E-state index in [0.29, 0.717) is 21.9 Å². The van der Waals surface area contributed by atoms with E-state index in [-0.39, 0.29) is 30.5 Å². The number of aromatic nitrogens is 2. The second-order valence-corrected chi connectivity index (χ2v) is 7.94. The Balaban J connectivity index is 2.31. The van der Waals surface area contributed by atoms with Crippen LogP contribution in [0.2, 0.25) is 0 Å². The Morgan fingerprint density at radius 1 is 1.37 bits per heavy atom. The molecule has 8 nitrogen and oxygen atoms in total. The van der Waals surface area contributed by atoms with Crippen molar-refractivity contribution in [1.82, 2.24) is 14.7 Å². The highest BCUT2D eigenvalue weighted by Crippen LogP contribution is 2.34.